The maximum absolute atomic E-state index is 11.8. The van der Waals surface area contributed by atoms with Crippen LogP contribution < -0.4 is 15.4 Å². The summed E-state index contributed by atoms with van der Waals surface area (Å²) in [5.74, 6) is 0.524. The Bertz CT molecular complexity index is 435. The molecule has 2 rings (SSSR count). The SMILES string of the molecule is COc1ccc(C(O)CNC(=O)C2CNCCO2)cc1.Cl. The summed E-state index contributed by atoms with van der Waals surface area (Å²) in [5.41, 5.74) is 0.730. The van der Waals surface area contributed by atoms with Crippen LogP contribution in [0.15, 0.2) is 24.3 Å². The first-order valence-corrected chi connectivity index (χ1v) is 6.62. The average molecular weight is 317 g/mol. The quantitative estimate of drug-likeness (QED) is 0.726. The number of benzene rings is 1. The Morgan fingerprint density at radius 1 is 1.52 bits per heavy atom. The molecular weight excluding hydrogens is 296 g/mol. The van der Waals surface area contributed by atoms with Gasteiger partial charge in [-0.05, 0) is 17.7 Å². The van der Waals surface area contributed by atoms with E-state index in [1.807, 2.05) is 0 Å². The fourth-order valence-corrected chi connectivity index (χ4v) is 1.99. The van der Waals surface area contributed by atoms with Crippen LogP contribution in [-0.4, -0.2) is 50.5 Å². The van der Waals surface area contributed by atoms with Gasteiger partial charge in [-0.2, -0.15) is 0 Å². The van der Waals surface area contributed by atoms with Crippen molar-refractivity contribution < 1.29 is 19.4 Å². The molecule has 0 bridgehead atoms. The first-order valence-electron chi connectivity index (χ1n) is 6.62. The molecule has 6 nitrogen and oxygen atoms in total. The number of rotatable bonds is 5. The van der Waals surface area contributed by atoms with Crippen molar-refractivity contribution in [1.29, 1.82) is 0 Å². The molecule has 1 heterocycles. The van der Waals surface area contributed by atoms with Crippen molar-refractivity contribution in [2.24, 2.45) is 0 Å². The van der Waals surface area contributed by atoms with E-state index in [-0.39, 0.29) is 24.9 Å². The summed E-state index contributed by atoms with van der Waals surface area (Å²) < 4.78 is 10.4. The van der Waals surface area contributed by atoms with E-state index in [4.69, 9.17) is 9.47 Å². The van der Waals surface area contributed by atoms with E-state index in [2.05, 4.69) is 10.6 Å². The van der Waals surface area contributed by atoms with E-state index in [0.717, 1.165) is 17.9 Å². The number of hydrogen-bond acceptors (Lipinski definition) is 5. The van der Waals surface area contributed by atoms with E-state index < -0.39 is 12.2 Å². The fraction of sp³-hybridized carbons (Fsp3) is 0.500. The molecule has 2 unspecified atom stereocenters. The zero-order valence-electron chi connectivity index (χ0n) is 11.9. The predicted octanol–water partition coefficient (Wildman–Crippen LogP) is 0.255. The van der Waals surface area contributed by atoms with Gasteiger partial charge in [0.15, 0.2) is 0 Å². The van der Waals surface area contributed by atoms with Gasteiger partial charge in [0.1, 0.15) is 11.9 Å². The molecule has 1 fully saturated rings. The third kappa shape index (κ3) is 5.17. The van der Waals surface area contributed by atoms with Gasteiger partial charge in [0, 0.05) is 19.6 Å². The standard InChI is InChI=1S/C14H20N2O4.ClH/c1-19-11-4-2-10(3-5-11)12(17)8-16-14(18)13-9-15-6-7-20-13;/h2-5,12-13,15,17H,6-9H2,1H3,(H,16,18);1H. The highest BCUT2D eigenvalue weighted by Crippen LogP contribution is 2.17. The molecule has 2 atom stereocenters. The van der Waals surface area contributed by atoms with Crippen LogP contribution in [0.1, 0.15) is 11.7 Å². The number of halogens is 1. The van der Waals surface area contributed by atoms with Crippen molar-refractivity contribution in [2.45, 2.75) is 12.2 Å². The van der Waals surface area contributed by atoms with Crippen molar-refractivity contribution in [3.8, 4) is 5.75 Å². The smallest absolute Gasteiger partial charge is 0.250 e. The summed E-state index contributed by atoms with van der Waals surface area (Å²) >= 11 is 0. The predicted molar refractivity (Wildman–Crippen MR) is 80.8 cm³/mol. The third-order valence-corrected chi connectivity index (χ3v) is 3.19. The number of nitrogens with one attached hydrogen (secondary N) is 2. The summed E-state index contributed by atoms with van der Waals surface area (Å²) in [6.07, 6.45) is -1.23. The zero-order chi connectivity index (χ0) is 14.4. The Kier molecular flexibility index (Phi) is 7.45. The molecule has 1 aromatic carbocycles. The van der Waals surface area contributed by atoms with E-state index >= 15 is 0 Å². The molecule has 1 aromatic rings. The van der Waals surface area contributed by atoms with E-state index in [0.29, 0.717) is 13.2 Å². The van der Waals surface area contributed by atoms with E-state index in [9.17, 15) is 9.90 Å². The average Bonchev–Trinajstić information content (AvgIpc) is 2.53. The molecule has 3 N–H and O–H groups in total. The Balaban J connectivity index is 0.00000220. The second kappa shape index (κ2) is 8.84. The van der Waals surface area contributed by atoms with Gasteiger partial charge in [0.25, 0.3) is 5.91 Å². The number of aliphatic hydroxyl groups excluding tert-OH is 1. The fourth-order valence-electron chi connectivity index (χ4n) is 1.99. The highest BCUT2D eigenvalue weighted by molar-refractivity contribution is 5.85. The lowest BCUT2D eigenvalue weighted by Gasteiger charge is -2.23. The molecule has 7 heteroatoms. The lowest BCUT2D eigenvalue weighted by molar-refractivity contribution is -0.134. The molecule has 0 saturated carbocycles. The van der Waals surface area contributed by atoms with Crippen LogP contribution in [-0.2, 0) is 9.53 Å². The van der Waals surface area contributed by atoms with Crippen LogP contribution in [0.25, 0.3) is 0 Å². The Morgan fingerprint density at radius 2 is 2.24 bits per heavy atom. The number of carbonyl (C=O) groups excluding carboxylic acids is 1. The first kappa shape index (κ1) is 17.7. The molecule has 118 valence electrons. The Labute approximate surface area is 130 Å². The van der Waals surface area contributed by atoms with Gasteiger partial charge in [-0.15, -0.1) is 12.4 Å². The van der Waals surface area contributed by atoms with Crippen LogP contribution in [0.5, 0.6) is 5.75 Å². The zero-order valence-corrected chi connectivity index (χ0v) is 12.7. The summed E-state index contributed by atoms with van der Waals surface area (Å²) in [5, 5.41) is 15.8. The van der Waals surface area contributed by atoms with Crippen molar-refractivity contribution in [2.75, 3.05) is 33.4 Å². The molecule has 0 radical (unpaired) electrons. The molecule has 0 spiro atoms. The van der Waals surface area contributed by atoms with Gasteiger partial charge in [-0.1, -0.05) is 12.1 Å². The van der Waals surface area contributed by atoms with Crippen LogP contribution >= 0.6 is 12.4 Å². The summed E-state index contributed by atoms with van der Waals surface area (Å²) in [4.78, 5) is 11.8. The number of hydrogen-bond donors (Lipinski definition) is 3. The number of methoxy groups -OCH3 is 1. The van der Waals surface area contributed by atoms with Crippen molar-refractivity contribution in [1.82, 2.24) is 10.6 Å². The normalized spacial score (nSPS) is 19.2. The second-order valence-corrected chi connectivity index (χ2v) is 4.60. The Morgan fingerprint density at radius 3 is 2.81 bits per heavy atom. The van der Waals surface area contributed by atoms with Gasteiger partial charge in [0.05, 0.1) is 19.8 Å². The molecule has 1 aliphatic rings. The van der Waals surface area contributed by atoms with Gasteiger partial charge in [0.2, 0.25) is 0 Å². The number of amides is 1. The minimum Gasteiger partial charge on any atom is -0.497 e. The number of carbonyl (C=O) groups is 1. The maximum Gasteiger partial charge on any atom is 0.250 e. The monoisotopic (exact) mass is 316 g/mol. The van der Waals surface area contributed by atoms with Crippen LogP contribution in [0.3, 0.4) is 0 Å². The van der Waals surface area contributed by atoms with Crippen LogP contribution in [0.4, 0.5) is 0 Å². The minimum absolute atomic E-state index is 0. The van der Waals surface area contributed by atoms with Crippen molar-refractivity contribution in [3.05, 3.63) is 29.8 Å². The lowest BCUT2D eigenvalue weighted by atomic mass is 10.1. The number of morpholine rings is 1. The van der Waals surface area contributed by atoms with Crippen LogP contribution in [0.2, 0.25) is 0 Å². The summed E-state index contributed by atoms with van der Waals surface area (Å²) in [6.45, 7) is 1.95. The first-order chi connectivity index (χ1) is 9.70. The van der Waals surface area contributed by atoms with Crippen molar-refractivity contribution >= 4 is 18.3 Å². The van der Waals surface area contributed by atoms with Crippen LogP contribution in [0, 0.1) is 0 Å². The molecule has 1 aliphatic heterocycles. The molecule has 21 heavy (non-hydrogen) atoms. The largest absolute Gasteiger partial charge is 0.497 e. The number of ether oxygens (including phenoxy) is 2. The molecule has 1 amide bonds. The molecule has 0 aliphatic carbocycles. The highest BCUT2D eigenvalue weighted by atomic mass is 35.5. The maximum atomic E-state index is 11.8. The third-order valence-electron chi connectivity index (χ3n) is 3.19. The lowest BCUT2D eigenvalue weighted by Crippen LogP contribution is -2.48. The van der Waals surface area contributed by atoms with Gasteiger partial charge < -0.3 is 25.2 Å². The molecular formula is C14H21ClN2O4. The second-order valence-electron chi connectivity index (χ2n) is 4.60. The number of aliphatic hydroxyl groups is 1. The molecule has 0 aromatic heterocycles. The van der Waals surface area contributed by atoms with E-state index in [1.54, 1.807) is 31.4 Å². The Hall–Kier alpha value is -1.34. The van der Waals surface area contributed by atoms with Gasteiger partial charge >= 0.3 is 0 Å². The summed E-state index contributed by atoms with van der Waals surface area (Å²) in [7, 11) is 1.59. The summed E-state index contributed by atoms with van der Waals surface area (Å²) in [6, 6.07) is 7.09. The van der Waals surface area contributed by atoms with Gasteiger partial charge in [-0.25, -0.2) is 0 Å². The van der Waals surface area contributed by atoms with Gasteiger partial charge in [-0.3, -0.25) is 4.79 Å². The molecule has 1 saturated heterocycles. The highest BCUT2D eigenvalue weighted by Gasteiger charge is 2.22. The topological polar surface area (TPSA) is 79.8 Å². The van der Waals surface area contributed by atoms with E-state index in [1.165, 1.54) is 0 Å². The minimum atomic E-state index is -0.749. The van der Waals surface area contributed by atoms with Crippen molar-refractivity contribution in [3.63, 3.8) is 0 Å².